The van der Waals surface area contributed by atoms with Crippen molar-refractivity contribution >= 4 is 29.1 Å². The summed E-state index contributed by atoms with van der Waals surface area (Å²) < 4.78 is 5.22. The zero-order valence-corrected chi connectivity index (χ0v) is 13.4. The fourth-order valence-corrected chi connectivity index (χ4v) is 2.26. The number of nitrogens with one attached hydrogen (secondary N) is 1. The van der Waals surface area contributed by atoms with Gasteiger partial charge in [0.2, 0.25) is 5.91 Å². The molecule has 0 fully saturated rings. The van der Waals surface area contributed by atoms with Gasteiger partial charge in [-0.25, -0.2) is 0 Å². The molecule has 0 radical (unpaired) electrons. The Morgan fingerprint density at radius 1 is 1.22 bits per heavy atom. The predicted octanol–water partition coefficient (Wildman–Crippen LogP) is 2.69. The third-order valence-electron chi connectivity index (χ3n) is 3.11. The average molecular weight is 333 g/mol. The summed E-state index contributed by atoms with van der Waals surface area (Å²) in [4.78, 5) is 22.8. The first-order valence-electron chi connectivity index (χ1n) is 7.00. The largest absolute Gasteiger partial charge is 0.484 e. The Morgan fingerprint density at radius 2 is 2.00 bits per heavy atom. The van der Waals surface area contributed by atoms with Crippen LogP contribution in [-0.4, -0.2) is 18.4 Å². The lowest BCUT2D eigenvalue weighted by atomic mass is 10.1. The highest BCUT2D eigenvalue weighted by Gasteiger charge is 2.08. The lowest BCUT2D eigenvalue weighted by Crippen LogP contribution is -2.20. The van der Waals surface area contributed by atoms with Gasteiger partial charge in [0.1, 0.15) is 5.75 Å². The van der Waals surface area contributed by atoms with Gasteiger partial charge in [0.25, 0.3) is 5.91 Å². The molecule has 0 spiro atoms. The maximum absolute atomic E-state index is 12.1. The zero-order chi connectivity index (χ0) is 16.8. The van der Waals surface area contributed by atoms with E-state index in [1.54, 1.807) is 36.4 Å². The average Bonchev–Trinajstić information content (AvgIpc) is 2.47. The van der Waals surface area contributed by atoms with Gasteiger partial charge in [-0.2, -0.15) is 0 Å². The molecule has 0 unspecified atom stereocenters. The molecule has 2 amide bonds. The van der Waals surface area contributed by atoms with E-state index in [9.17, 15) is 9.59 Å². The molecule has 5 nitrogen and oxygen atoms in total. The molecular formula is C17H17ClN2O3. The highest BCUT2D eigenvalue weighted by atomic mass is 35.5. The van der Waals surface area contributed by atoms with Gasteiger partial charge in [0, 0.05) is 10.7 Å². The van der Waals surface area contributed by atoms with Gasteiger partial charge in [-0.1, -0.05) is 23.7 Å². The van der Waals surface area contributed by atoms with Crippen LogP contribution in [-0.2, 0) is 16.0 Å². The Morgan fingerprint density at radius 3 is 2.65 bits per heavy atom. The highest BCUT2D eigenvalue weighted by Crippen LogP contribution is 2.21. The van der Waals surface area contributed by atoms with Crippen LogP contribution < -0.4 is 15.8 Å². The second-order valence-electron chi connectivity index (χ2n) is 5.09. The number of hydrogen-bond donors (Lipinski definition) is 2. The van der Waals surface area contributed by atoms with E-state index in [0.717, 1.165) is 11.1 Å². The van der Waals surface area contributed by atoms with Gasteiger partial charge in [-0.05, 0) is 48.4 Å². The number of ether oxygens (including phenoxy) is 1. The van der Waals surface area contributed by atoms with Gasteiger partial charge < -0.3 is 15.8 Å². The fraction of sp³-hybridized carbons (Fsp3) is 0.176. The minimum atomic E-state index is -0.540. The molecule has 0 aromatic heterocycles. The van der Waals surface area contributed by atoms with E-state index >= 15 is 0 Å². The third kappa shape index (κ3) is 5.30. The maximum atomic E-state index is 12.1. The summed E-state index contributed by atoms with van der Waals surface area (Å²) in [6, 6.07) is 12.3. The van der Waals surface area contributed by atoms with Crippen molar-refractivity contribution in [3.8, 4) is 5.75 Å². The van der Waals surface area contributed by atoms with Crippen molar-refractivity contribution in [3.63, 3.8) is 0 Å². The second-order valence-corrected chi connectivity index (χ2v) is 5.52. The number of rotatable bonds is 6. The third-order valence-corrected chi connectivity index (χ3v) is 3.34. The lowest BCUT2D eigenvalue weighted by Gasteiger charge is -2.11. The van der Waals surface area contributed by atoms with Crippen LogP contribution in [0.5, 0.6) is 5.75 Å². The predicted molar refractivity (Wildman–Crippen MR) is 89.7 cm³/mol. The molecule has 2 aromatic rings. The number of aryl methyl sites for hydroxylation is 1. The number of carbonyl (C=O) groups is 2. The zero-order valence-electron chi connectivity index (χ0n) is 12.6. The molecule has 23 heavy (non-hydrogen) atoms. The molecule has 0 aliphatic heterocycles. The smallest absolute Gasteiger partial charge is 0.255 e. The number of primary amides is 1. The number of benzene rings is 2. The molecule has 0 saturated carbocycles. The molecule has 3 N–H and O–H groups in total. The van der Waals surface area contributed by atoms with E-state index < -0.39 is 5.91 Å². The van der Waals surface area contributed by atoms with E-state index in [1.807, 2.05) is 13.0 Å². The maximum Gasteiger partial charge on any atom is 0.255 e. The Bertz CT molecular complexity index is 732. The van der Waals surface area contributed by atoms with Gasteiger partial charge >= 0.3 is 0 Å². The van der Waals surface area contributed by atoms with Crippen molar-refractivity contribution in [2.75, 3.05) is 11.9 Å². The Kier molecular flexibility index (Phi) is 5.60. The second kappa shape index (κ2) is 7.65. The summed E-state index contributed by atoms with van der Waals surface area (Å²) in [5, 5.41) is 3.44. The normalized spacial score (nSPS) is 10.2. The van der Waals surface area contributed by atoms with Crippen LogP contribution in [0.4, 0.5) is 5.69 Å². The molecule has 6 heteroatoms. The Balaban J connectivity index is 1.99. The number of halogens is 1. The summed E-state index contributed by atoms with van der Waals surface area (Å²) in [6.07, 6.45) is 0.236. The molecule has 0 saturated heterocycles. The Labute approximate surface area is 139 Å². The van der Waals surface area contributed by atoms with Crippen molar-refractivity contribution < 1.29 is 14.3 Å². The molecule has 2 rings (SSSR count). The number of anilines is 1. The molecule has 2 aromatic carbocycles. The number of hydrogen-bond acceptors (Lipinski definition) is 3. The topological polar surface area (TPSA) is 81.4 Å². The first kappa shape index (κ1) is 16.8. The number of carbonyl (C=O) groups excluding carboxylic acids is 2. The molecule has 0 aliphatic carbocycles. The van der Waals surface area contributed by atoms with Crippen LogP contribution >= 0.6 is 11.6 Å². The molecule has 0 atom stereocenters. The fourth-order valence-electron chi connectivity index (χ4n) is 2.05. The molecule has 0 bridgehead atoms. The van der Waals surface area contributed by atoms with Gasteiger partial charge in [-0.3, -0.25) is 9.59 Å². The minimum absolute atomic E-state index is 0.138. The minimum Gasteiger partial charge on any atom is -0.484 e. The van der Waals surface area contributed by atoms with Crippen LogP contribution in [0.15, 0.2) is 42.5 Å². The van der Waals surface area contributed by atoms with E-state index in [4.69, 9.17) is 22.1 Å². The summed E-state index contributed by atoms with van der Waals surface area (Å²) >= 11 is 5.90. The van der Waals surface area contributed by atoms with Crippen LogP contribution in [0.1, 0.15) is 11.1 Å². The van der Waals surface area contributed by atoms with Crippen molar-refractivity contribution in [2.24, 2.45) is 5.73 Å². The first-order chi connectivity index (χ1) is 10.9. The van der Waals surface area contributed by atoms with E-state index in [2.05, 4.69) is 5.32 Å². The van der Waals surface area contributed by atoms with E-state index in [1.165, 1.54) is 0 Å². The van der Waals surface area contributed by atoms with E-state index in [0.29, 0.717) is 16.5 Å². The van der Waals surface area contributed by atoms with Crippen LogP contribution in [0.2, 0.25) is 5.02 Å². The molecule has 0 aliphatic rings. The van der Waals surface area contributed by atoms with Crippen LogP contribution in [0.3, 0.4) is 0 Å². The molecular weight excluding hydrogens is 316 g/mol. The van der Waals surface area contributed by atoms with Crippen molar-refractivity contribution in [1.82, 2.24) is 0 Å². The highest BCUT2D eigenvalue weighted by molar-refractivity contribution is 6.30. The number of nitrogens with two attached hydrogens (primary N) is 1. The van der Waals surface area contributed by atoms with Crippen molar-refractivity contribution in [3.05, 3.63) is 58.6 Å². The van der Waals surface area contributed by atoms with Gasteiger partial charge in [-0.15, -0.1) is 0 Å². The first-order valence-corrected chi connectivity index (χ1v) is 7.38. The Hall–Kier alpha value is -2.53. The van der Waals surface area contributed by atoms with Gasteiger partial charge in [0.15, 0.2) is 6.61 Å². The number of amides is 2. The summed E-state index contributed by atoms with van der Waals surface area (Å²) in [5.74, 6) is -0.156. The monoisotopic (exact) mass is 332 g/mol. The summed E-state index contributed by atoms with van der Waals surface area (Å²) in [7, 11) is 0. The van der Waals surface area contributed by atoms with E-state index in [-0.39, 0.29) is 18.9 Å². The lowest BCUT2D eigenvalue weighted by molar-refractivity contribution is -0.120. The quantitative estimate of drug-likeness (QED) is 0.853. The van der Waals surface area contributed by atoms with Crippen molar-refractivity contribution in [1.29, 1.82) is 0 Å². The SMILES string of the molecule is Cc1cc(OCC(N)=O)ccc1NC(=O)Cc1cccc(Cl)c1. The van der Waals surface area contributed by atoms with Crippen molar-refractivity contribution in [2.45, 2.75) is 13.3 Å². The standard InChI is InChI=1S/C17H17ClN2O3/c1-11-7-14(23-10-16(19)21)5-6-15(11)20-17(22)9-12-3-2-4-13(18)8-12/h2-8H,9-10H2,1H3,(H2,19,21)(H,20,22). The molecule has 0 heterocycles. The van der Waals surface area contributed by atoms with Gasteiger partial charge in [0.05, 0.1) is 6.42 Å². The summed E-state index contributed by atoms with van der Waals surface area (Å²) in [5.41, 5.74) is 7.38. The van der Waals surface area contributed by atoms with Crippen LogP contribution in [0.25, 0.3) is 0 Å². The molecule has 120 valence electrons. The summed E-state index contributed by atoms with van der Waals surface area (Å²) in [6.45, 7) is 1.66. The van der Waals surface area contributed by atoms with Crippen LogP contribution in [0, 0.1) is 6.92 Å².